The second kappa shape index (κ2) is 9.16. The first-order valence-electron chi connectivity index (χ1n) is 9.06. The lowest BCUT2D eigenvalue weighted by Crippen LogP contribution is -2.14. The Bertz CT molecular complexity index is 977. The van der Waals surface area contributed by atoms with Gasteiger partial charge in [-0.25, -0.2) is 0 Å². The Morgan fingerprint density at radius 3 is 2.54 bits per heavy atom. The Hall–Kier alpha value is -2.45. The summed E-state index contributed by atoms with van der Waals surface area (Å²) in [5, 5.41) is 14.3. The number of ketones is 1. The van der Waals surface area contributed by atoms with Gasteiger partial charge in [0.2, 0.25) is 5.91 Å². The van der Waals surface area contributed by atoms with E-state index in [-0.39, 0.29) is 17.4 Å². The number of aromatic nitrogens is 3. The zero-order valence-electron chi connectivity index (χ0n) is 16.1. The van der Waals surface area contributed by atoms with E-state index >= 15 is 0 Å². The summed E-state index contributed by atoms with van der Waals surface area (Å²) in [5.41, 5.74) is 2.35. The van der Waals surface area contributed by atoms with E-state index in [1.807, 2.05) is 11.5 Å². The molecule has 0 spiro atoms. The van der Waals surface area contributed by atoms with Gasteiger partial charge in [-0.2, -0.15) is 0 Å². The number of nitrogens with zero attached hydrogens (tertiary/aromatic N) is 3. The third kappa shape index (κ3) is 4.69. The molecule has 0 aliphatic heterocycles. The maximum atomic E-state index is 12.3. The molecule has 146 valence electrons. The fourth-order valence-corrected chi connectivity index (χ4v) is 4.31. The normalized spacial score (nSPS) is 10.8. The molecule has 0 saturated carbocycles. The van der Waals surface area contributed by atoms with Gasteiger partial charge in [0.05, 0.1) is 5.75 Å². The van der Waals surface area contributed by atoms with Crippen molar-refractivity contribution in [2.75, 3.05) is 11.1 Å². The number of thioether (sulfide) groups is 1. The van der Waals surface area contributed by atoms with E-state index in [9.17, 15) is 9.59 Å². The van der Waals surface area contributed by atoms with Gasteiger partial charge in [0.15, 0.2) is 16.8 Å². The maximum Gasteiger partial charge on any atom is 0.234 e. The van der Waals surface area contributed by atoms with Gasteiger partial charge in [-0.3, -0.25) is 9.59 Å². The number of rotatable bonds is 8. The fraction of sp³-hybridized carbons (Fsp3) is 0.300. The summed E-state index contributed by atoms with van der Waals surface area (Å²) in [5.74, 6) is 0.939. The van der Waals surface area contributed by atoms with Gasteiger partial charge in [-0.1, -0.05) is 18.7 Å². The van der Waals surface area contributed by atoms with Gasteiger partial charge in [-0.15, -0.1) is 21.5 Å². The largest absolute Gasteiger partial charge is 0.325 e. The highest BCUT2D eigenvalue weighted by molar-refractivity contribution is 7.99. The molecule has 6 nitrogen and oxygen atoms in total. The van der Waals surface area contributed by atoms with Crippen LogP contribution in [0.2, 0.25) is 0 Å². The van der Waals surface area contributed by atoms with E-state index in [2.05, 4.69) is 33.9 Å². The fourth-order valence-electron chi connectivity index (χ4n) is 2.69. The SMILES string of the molecule is CCc1cc(-c2nnc(SCC(=O)Nc3ccc(C(C)=O)cc3)n2CC)cs1. The molecule has 0 aliphatic rings. The standard InChI is InChI=1S/C20H22N4O2S2/c1-4-17-10-15(11-27-17)19-22-23-20(24(19)5-2)28-12-18(26)21-16-8-6-14(7-9-16)13(3)25/h6-11H,4-5,12H2,1-3H3,(H,21,26). The van der Waals surface area contributed by atoms with Crippen molar-refractivity contribution in [2.24, 2.45) is 0 Å². The van der Waals surface area contributed by atoms with Crippen LogP contribution >= 0.6 is 23.1 Å². The summed E-state index contributed by atoms with van der Waals surface area (Å²) in [6.45, 7) is 6.42. The van der Waals surface area contributed by atoms with Crippen LogP contribution in [0, 0.1) is 0 Å². The second-order valence-electron chi connectivity index (χ2n) is 6.18. The highest BCUT2D eigenvalue weighted by Gasteiger charge is 2.15. The zero-order valence-corrected chi connectivity index (χ0v) is 17.7. The minimum absolute atomic E-state index is 0.000168. The Balaban J connectivity index is 1.63. The lowest BCUT2D eigenvalue weighted by atomic mass is 10.1. The van der Waals surface area contributed by atoms with E-state index in [4.69, 9.17) is 0 Å². The van der Waals surface area contributed by atoms with Crippen LogP contribution in [0.25, 0.3) is 11.4 Å². The summed E-state index contributed by atoms with van der Waals surface area (Å²) in [4.78, 5) is 24.9. The number of carbonyl (C=O) groups excluding carboxylic acids is 2. The van der Waals surface area contributed by atoms with Crippen molar-refractivity contribution in [3.8, 4) is 11.4 Å². The number of Topliss-reactive ketones (excluding diaryl/α,β-unsaturated/α-hetero) is 1. The van der Waals surface area contributed by atoms with Crippen molar-refractivity contribution in [3.63, 3.8) is 0 Å². The summed E-state index contributed by atoms with van der Waals surface area (Å²) in [6, 6.07) is 9.02. The van der Waals surface area contributed by atoms with Gasteiger partial charge in [-0.05, 0) is 50.6 Å². The lowest BCUT2D eigenvalue weighted by molar-refractivity contribution is -0.113. The summed E-state index contributed by atoms with van der Waals surface area (Å²) < 4.78 is 2.03. The van der Waals surface area contributed by atoms with Crippen LogP contribution < -0.4 is 5.32 Å². The quantitative estimate of drug-likeness (QED) is 0.433. The second-order valence-corrected chi connectivity index (χ2v) is 8.11. The minimum atomic E-state index is -0.128. The summed E-state index contributed by atoms with van der Waals surface area (Å²) in [7, 11) is 0. The van der Waals surface area contributed by atoms with Crippen LogP contribution in [0.5, 0.6) is 0 Å². The van der Waals surface area contributed by atoms with Crippen LogP contribution in [0.15, 0.2) is 40.9 Å². The third-order valence-electron chi connectivity index (χ3n) is 4.20. The lowest BCUT2D eigenvalue weighted by Gasteiger charge is -2.07. The van der Waals surface area contributed by atoms with Crippen molar-refractivity contribution < 1.29 is 9.59 Å². The Morgan fingerprint density at radius 2 is 1.93 bits per heavy atom. The van der Waals surface area contributed by atoms with Crippen LogP contribution in [0.3, 0.4) is 0 Å². The predicted octanol–water partition coefficient (Wildman–Crippen LogP) is 4.52. The number of aryl methyl sites for hydroxylation is 1. The molecule has 0 atom stereocenters. The molecule has 1 aromatic carbocycles. The van der Waals surface area contributed by atoms with E-state index in [1.165, 1.54) is 23.6 Å². The number of anilines is 1. The molecule has 2 heterocycles. The first-order chi connectivity index (χ1) is 13.5. The molecule has 0 radical (unpaired) electrons. The smallest absolute Gasteiger partial charge is 0.234 e. The molecule has 0 bridgehead atoms. The molecule has 0 saturated heterocycles. The van der Waals surface area contributed by atoms with Gasteiger partial charge < -0.3 is 9.88 Å². The number of hydrogen-bond donors (Lipinski definition) is 1. The topological polar surface area (TPSA) is 76.9 Å². The zero-order chi connectivity index (χ0) is 20.1. The molecule has 8 heteroatoms. The summed E-state index contributed by atoms with van der Waals surface area (Å²) in [6.07, 6.45) is 1.00. The molecule has 0 unspecified atom stereocenters. The molecule has 2 aromatic heterocycles. The average molecular weight is 415 g/mol. The third-order valence-corrected chi connectivity index (χ3v) is 6.25. The van der Waals surface area contributed by atoms with E-state index < -0.39 is 0 Å². The first kappa shape index (κ1) is 20.3. The number of amides is 1. The molecule has 0 aliphatic carbocycles. The van der Waals surface area contributed by atoms with Crippen LogP contribution in [0.1, 0.15) is 36.0 Å². The Kier molecular flexibility index (Phi) is 6.64. The predicted molar refractivity (Wildman–Crippen MR) is 114 cm³/mol. The van der Waals surface area contributed by atoms with Crippen molar-refractivity contribution in [2.45, 2.75) is 38.9 Å². The first-order valence-corrected chi connectivity index (χ1v) is 10.9. The number of hydrogen-bond acceptors (Lipinski definition) is 6. The van der Waals surface area contributed by atoms with Crippen LogP contribution in [-0.4, -0.2) is 32.2 Å². The molecule has 1 N–H and O–H groups in total. The minimum Gasteiger partial charge on any atom is -0.325 e. The van der Waals surface area contributed by atoms with Crippen LogP contribution in [0.4, 0.5) is 5.69 Å². The van der Waals surface area contributed by atoms with Gasteiger partial charge in [0, 0.05) is 33.6 Å². The van der Waals surface area contributed by atoms with Crippen molar-refractivity contribution >= 4 is 40.5 Å². The number of benzene rings is 1. The molecular weight excluding hydrogens is 392 g/mol. The van der Waals surface area contributed by atoms with Gasteiger partial charge in [0.25, 0.3) is 0 Å². The molecule has 3 rings (SSSR count). The molecule has 1 amide bonds. The molecular formula is C20H22N4O2S2. The molecule has 3 aromatic rings. The average Bonchev–Trinajstić information content (AvgIpc) is 3.32. The number of nitrogens with one attached hydrogen (secondary N) is 1. The monoisotopic (exact) mass is 414 g/mol. The number of thiophene rings is 1. The number of carbonyl (C=O) groups is 2. The van der Waals surface area contributed by atoms with Crippen molar-refractivity contribution in [1.29, 1.82) is 0 Å². The highest BCUT2D eigenvalue weighted by Crippen LogP contribution is 2.28. The van der Waals surface area contributed by atoms with E-state index in [0.29, 0.717) is 11.3 Å². The Morgan fingerprint density at radius 1 is 1.18 bits per heavy atom. The summed E-state index contributed by atoms with van der Waals surface area (Å²) >= 11 is 3.08. The maximum absolute atomic E-state index is 12.3. The van der Waals surface area contributed by atoms with Crippen LogP contribution in [-0.2, 0) is 17.8 Å². The molecule has 28 heavy (non-hydrogen) atoms. The highest BCUT2D eigenvalue weighted by atomic mass is 32.2. The van der Waals surface area contributed by atoms with Crippen molar-refractivity contribution in [1.82, 2.24) is 14.8 Å². The van der Waals surface area contributed by atoms with Crippen molar-refractivity contribution in [3.05, 3.63) is 46.2 Å². The molecule has 0 fully saturated rings. The van der Waals surface area contributed by atoms with Gasteiger partial charge in [0.1, 0.15) is 0 Å². The van der Waals surface area contributed by atoms with E-state index in [0.717, 1.165) is 29.5 Å². The Labute approximate surface area is 172 Å². The van der Waals surface area contributed by atoms with E-state index in [1.54, 1.807) is 35.6 Å². The van der Waals surface area contributed by atoms with Gasteiger partial charge >= 0.3 is 0 Å².